The molecule has 0 aliphatic heterocycles. The summed E-state index contributed by atoms with van der Waals surface area (Å²) in [6.45, 7) is 9.95. The van der Waals surface area contributed by atoms with Gasteiger partial charge in [0.2, 0.25) is 0 Å². The summed E-state index contributed by atoms with van der Waals surface area (Å²) in [4.78, 5) is 2.14. The first-order valence-corrected chi connectivity index (χ1v) is 6.63. The third-order valence-corrected chi connectivity index (χ3v) is 2.86. The average molecular weight is 252 g/mol. The van der Waals surface area contributed by atoms with Gasteiger partial charge in [-0.3, -0.25) is 0 Å². The van der Waals surface area contributed by atoms with Gasteiger partial charge in [0.05, 0.1) is 0 Å². The fourth-order valence-corrected chi connectivity index (χ4v) is 1.86. The maximum Gasteiger partial charge on any atom is 0.127 e. The van der Waals surface area contributed by atoms with Crippen LogP contribution >= 0.6 is 0 Å². The number of hydrogen-bond donors (Lipinski definition) is 1. The van der Waals surface area contributed by atoms with E-state index in [1.54, 1.807) is 6.07 Å². The van der Waals surface area contributed by atoms with Gasteiger partial charge >= 0.3 is 0 Å². The normalized spacial score (nSPS) is 11.5. The highest BCUT2D eigenvalue weighted by Gasteiger charge is 2.05. The Balaban J connectivity index is 2.35. The molecule has 1 rings (SSSR count). The Labute approximate surface area is 110 Å². The Kier molecular flexibility index (Phi) is 6.30. The first-order chi connectivity index (χ1) is 8.49. The minimum absolute atomic E-state index is 0.109. The summed E-state index contributed by atoms with van der Waals surface area (Å²) in [7, 11) is 2.03. The number of rotatable bonds is 7. The van der Waals surface area contributed by atoms with Crippen LogP contribution in [0, 0.1) is 18.7 Å². The molecule has 102 valence electrons. The summed E-state index contributed by atoms with van der Waals surface area (Å²) in [5, 5.41) is 3.39. The SMILES string of the molecule is Cc1ccc(F)c(CN(C)CCNCC(C)C)c1. The van der Waals surface area contributed by atoms with Crippen LogP contribution in [0.4, 0.5) is 4.39 Å². The van der Waals surface area contributed by atoms with Crippen molar-refractivity contribution in [3.63, 3.8) is 0 Å². The third kappa shape index (κ3) is 5.61. The van der Waals surface area contributed by atoms with Gasteiger partial charge < -0.3 is 10.2 Å². The predicted octanol–water partition coefficient (Wildman–Crippen LogP) is 2.81. The maximum atomic E-state index is 13.6. The standard InChI is InChI=1S/C15H25FN2/c1-12(2)10-17-7-8-18(4)11-14-9-13(3)5-6-15(14)16/h5-6,9,12,17H,7-8,10-11H2,1-4H3. The molecule has 0 amide bonds. The monoisotopic (exact) mass is 252 g/mol. The van der Waals surface area contributed by atoms with Crippen LogP contribution in [0.2, 0.25) is 0 Å². The van der Waals surface area contributed by atoms with Crippen molar-refractivity contribution in [3.8, 4) is 0 Å². The lowest BCUT2D eigenvalue weighted by atomic mass is 10.1. The summed E-state index contributed by atoms with van der Waals surface area (Å²) < 4.78 is 13.6. The third-order valence-electron chi connectivity index (χ3n) is 2.86. The van der Waals surface area contributed by atoms with E-state index in [2.05, 4.69) is 24.1 Å². The zero-order valence-corrected chi connectivity index (χ0v) is 12.0. The zero-order chi connectivity index (χ0) is 13.5. The molecule has 0 radical (unpaired) electrons. The van der Waals surface area contributed by atoms with Crippen molar-refractivity contribution in [3.05, 3.63) is 35.1 Å². The fraction of sp³-hybridized carbons (Fsp3) is 0.600. The molecule has 0 aliphatic carbocycles. The first kappa shape index (κ1) is 15.1. The van der Waals surface area contributed by atoms with Crippen molar-refractivity contribution in [1.82, 2.24) is 10.2 Å². The molecule has 0 aliphatic rings. The van der Waals surface area contributed by atoms with Gasteiger partial charge in [-0.1, -0.05) is 31.5 Å². The van der Waals surface area contributed by atoms with Crippen LogP contribution in [0.25, 0.3) is 0 Å². The zero-order valence-electron chi connectivity index (χ0n) is 12.0. The number of aryl methyl sites for hydroxylation is 1. The Morgan fingerprint density at radius 1 is 1.33 bits per heavy atom. The molecule has 3 heteroatoms. The summed E-state index contributed by atoms with van der Waals surface area (Å²) in [5.41, 5.74) is 1.89. The van der Waals surface area contributed by atoms with Gasteiger partial charge in [-0.25, -0.2) is 4.39 Å². The van der Waals surface area contributed by atoms with Crippen LogP contribution in [0.5, 0.6) is 0 Å². The van der Waals surface area contributed by atoms with E-state index in [0.717, 1.165) is 30.8 Å². The molecular weight excluding hydrogens is 227 g/mol. The van der Waals surface area contributed by atoms with Crippen LogP contribution in [-0.2, 0) is 6.54 Å². The summed E-state index contributed by atoms with van der Waals surface area (Å²) in [6.07, 6.45) is 0. The van der Waals surface area contributed by atoms with Gasteiger partial charge in [0.15, 0.2) is 0 Å². The average Bonchev–Trinajstić information content (AvgIpc) is 2.29. The molecule has 0 saturated carbocycles. The first-order valence-electron chi connectivity index (χ1n) is 6.63. The highest BCUT2D eigenvalue weighted by molar-refractivity contribution is 5.23. The van der Waals surface area contributed by atoms with Crippen molar-refractivity contribution in [1.29, 1.82) is 0 Å². The molecule has 0 saturated heterocycles. The van der Waals surface area contributed by atoms with E-state index in [-0.39, 0.29) is 5.82 Å². The Morgan fingerprint density at radius 2 is 2.06 bits per heavy atom. The number of likely N-dealkylation sites (N-methyl/N-ethyl adjacent to an activating group) is 1. The van der Waals surface area contributed by atoms with E-state index in [9.17, 15) is 4.39 Å². The second-order valence-corrected chi connectivity index (χ2v) is 5.43. The number of nitrogens with zero attached hydrogens (tertiary/aromatic N) is 1. The van der Waals surface area contributed by atoms with Gasteiger partial charge in [-0.05, 0) is 32.5 Å². The molecule has 1 N–H and O–H groups in total. The lowest BCUT2D eigenvalue weighted by molar-refractivity contribution is 0.316. The Morgan fingerprint density at radius 3 is 2.72 bits per heavy atom. The molecule has 18 heavy (non-hydrogen) atoms. The predicted molar refractivity (Wildman–Crippen MR) is 75.2 cm³/mol. The molecule has 0 atom stereocenters. The van der Waals surface area contributed by atoms with Crippen LogP contribution in [0.1, 0.15) is 25.0 Å². The highest BCUT2D eigenvalue weighted by atomic mass is 19.1. The van der Waals surface area contributed by atoms with Crippen molar-refractivity contribution >= 4 is 0 Å². The van der Waals surface area contributed by atoms with Gasteiger partial charge in [-0.15, -0.1) is 0 Å². The van der Waals surface area contributed by atoms with Crippen LogP contribution in [-0.4, -0.2) is 31.6 Å². The molecule has 0 heterocycles. The summed E-state index contributed by atoms with van der Waals surface area (Å²) in [5.74, 6) is 0.562. The molecule has 0 aromatic heterocycles. The number of halogens is 1. The number of nitrogens with one attached hydrogen (secondary N) is 1. The van der Waals surface area contributed by atoms with Crippen molar-refractivity contribution in [2.75, 3.05) is 26.7 Å². The lowest BCUT2D eigenvalue weighted by Crippen LogP contribution is -2.31. The molecule has 0 unspecified atom stereocenters. The van der Waals surface area contributed by atoms with Gasteiger partial charge in [0.1, 0.15) is 5.82 Å². The summed E-state index contributed by atoms with van der Waals surface area (Å²) in [6, 6.07) is 5.28. The summed E-state index contributed by atoms with van der Waals surface area (Å²) >= 11 is 0. The smallest absolute Gasteiger partial charge is 0.127 e. The maximum absolute atomic E-state index is 13.6. The van der Waals surface area contributed by atoms with E-state index in [1.807, 2.05) is 26.1 Å². The second-order valence-electron chi connectivity index (χ2n) is 5.43. The van der Waals surface area contributed by atoms with Crippen LogP contribution in [0.15, 0.2) is 18.2 Å². The molecule has 2 nitrogen and oxygen atoms in total. The van der Waals surface area contributed by atoms with E-state index in [0.29, 0.717) is 12.5 Å². The lowest BCUT2D eigenvalue weighted by Gasteiger charge is -2.18. The fourth-order valence-electron chi connectivity index (χ4n) is 1.86. The Hall–Kier alpha value is -0.930. The molecule has 1 aromatic rings. The quantitative estimate of drug-likeness (QED) is 0.751. The minimum Gasteiger partial charge on any atom is -0.315 e. The van der Waals surface area contributed by atoms with Crippen molar-refractivity contribution in [2.24, 2.45) is 5.92 Å². The van der Waals surface area contributed by atoms with E-state index >= 15 is 0 Å². The van der Waals surface area contributed by atoms with E-state index in [4.69, 9.17) is 0 Å². The largest absolute Gasteiger partial charge is 0.315 e. The van der Waals surface area contributed by atoms with E-state index in [1.165, 1.54) is 0 Å². The second kappa shape index (κ2) is 7.49. The minimum atomic E-state index is -0.109. The molecule has 0 bridgehead atoms. The molecule has 0 spiro atoms. The highest BCUT2D eigenvalue weighted by Crippen LogP contribution is 2.11. The molecule has 0 fully saturated rings. The topological polar surface area (TPSA) is 15.3 Å². The number of hydrogen-bond acceptors (Lipinski definition) is 2. The van der Waals surface area contributed by atoms with Crippen molar-refractivity contribution < 1.29 is 4.39 Å². The Bertz CT molecular complexity index is 364. The molecular formula is C15H25FN2. The molecule has 1 aromatic carbocycles. The van der Waals surface area contributed by atoms with Gasteiger partial charge in [0.25, 0.3) is 0 Å². The van der Waals surface area contributed by atoms with Crippen molar-refractivity contribution in [2.45, 2.75) is 27.3 Å². The van der Waals surface area contributed by atoms with Gasteiger partial charge in [0, 0.05) is 25.2 Å². The van der Waals surface area contributed by atoms with Gasteiger partial charge in [-0.2, -0.15) is 0 Å². The number of benzene rings is 1. The van der Waals surface area contributed by atoms with E-state index < -0.39 is 0 Å². The van der Waals surface area contributed by atoms with Crippen LogP contribution in [0.3, 0.4) is 0 Å². The van der Waals surface area contributed by atoms with Crippen LogP contribution < -0.4 is 5.32 Å².